The van der Waals surface area contributed by atoms with Crippen LogP contribution in [-0.2, 0) is 19.1 Å². The highest BCUT2D eigenvalue weighted by molar-refractivity contribution is 9.10. The Kier molecular flexibility index (Phi) is 9.74. The predicted octanol–water partition coefficient (Wildman–Crippen LogP) is 2.90. The first-order valence-electron chi connectivity index (χ1n) is 8.47. The molecule has 1 fully saturated rings. The number of rotatable bonds is 5. The molecule has 148 valence electrons. The molecule has 0 saturated carbocycles. The number of hydrogen-bond donors (Lipinski definition) is 2. The van der Waals surface area contributed by atoms with Crippen LogP contribution in [0.3, 0.4) is 0 Å². The second kappa shape index (κ2) is 11.5. The number of ether oxygens (including phenoxy) is 1. The van der Waals surface area contributed by atoms with Crippen LogP contribution in [0.25, 0.3) is 0 Å². The number of nitrogens with zero attached hydrogens (tertiary/aromatic N) is 1. The van der Waals surface area contributed by atoms with Crippen molar-refractivity contribution in [2.45, 2.75) is 31.8 Å². The maximum absolute atomic E-state index is 12.1. The van der Waals surface area contributed by atoms with Crippen molar-refractivity contribution in [1.29, 1.82) is 0 Å². The molecular weight excluding hydrogens is 418 g/mol. The molecule has 0 radical (unpaired) electrons. The van der Waals surface area contributed by atoms with Crippen molar-refractivity contribution in [2.75, 3.05) is 20.1 Å². The Labute approximate surface area is 166 Å². The quantitative estimate of drug-likeness (QED) is 0.534. The fourth-order valence-corrected chi connectivity index (χ4v) is 2.66. The number of benzene rings is 1. The van der Waals surface area contributed by atoms with Gasteiger partial charge in [-0.25, -0.2) is 9.59 Å². The first-order chi connectivity index (χ1) is 12.7. The van der Waals surface area contributed by atoms with Crippen LogP contribution >= 0.6 is 15.9 Å². The molecule has 0 amide bonds. The average Bonchev–Trinajstić information content (AvgIpc) is 2.62. The summed E-state index contributed by atoms with van der Waals surface area (Å²) in [6.45, 7) is 3.91. The van der Waals surface area contributed by atoms with Gasteiger partial charge in [-0.05, 0) is 44.5 Å². The molecule has 0 aromatic heterocycles. The second-order valence-corrected chi connectivity index (χ2v) is 7.14. The Morgan fingerprint density at radius 2 is 1.59 bits per heavy atom. The predicted molar refractivity (Wildman–Crippen MR) is 104 cm³/mol. The van der Waals surface area contributed by atoms with Gasteiger partial charge in [0.1, 0.15) is 6.10 Å². The molecule has 0 bridgehead atoms. The molecule has 1 atom stereocenters. The van der Waals surface area contributed by atoms with Crippen LogP contribution in [0.4, 0.5) is 0 Å². The summed E-state index contributed by atoms with van der Waals surface area (Å²) in [5, 5.41) is 15.6. The third-order valence-electron chi connectivity index (χ3n) is 4.04. The van der Waals surface area contributed by atoms with Crippen LogP contribution in [0.1, 0.15) is 31.2 Å². The van der Waals surface area contributed by atoms with Crippen LogP contribution in [0.15, 0.2) is 40.9 Å². The van der Waals surface area contributed by atoms with Crippen molar-refractivity contribution >= 4 is 33.8 Å². The maximum Gasteiger partial charge on any atom is 0.328 e. The standard InChI is InChI=1S/C15H20BrNO2.C4H4O4/c1-11(12-3-5-13(16)6-4-12)15(18)19-14-7-9-17(2)10-8-14;5-3(6)1-2-4(7)8/h3-6,11,14H,7-10H2,1-2H3;1-2H,(H,5,6)(H,7,8)/b;2-1-. The Hall–Kier alpha value is -2.19. The van der Waals surface area contributed by atoms with Crippen LogP contribution in [0.5, 0.6) is 0 Å². The number of piperidine rings is 1. The minimum atomic E-state index is -1.26. The van der Waals surface area contributed by atoms with Crippen LogP contribution < -0.4 is 0 Å². The molecule has 1 aliphatic heterocycles. The molecule has 1 aliphatic rings. The first-order valence-corrected chi connectivity index (χ1v) is 9.26. The number of aliphatic carboxylic acids is 2. The third-order valence-corrected chi connectivity index (χ3v) is 4.57. The van der Waals surface area contributed by atoms with Crippen molar-refractivity contribution in [2.24, 2.45) is 0 Å². The number of halogens is 1. The van der Waals surface area contributed by atoms with Gasteiger partial charge >= 0.3 is 17.9 Å². The SMILES string of the molecule is CC(C(=O)OC1CCN(C)CC1)c1ccc(Br)cc1.O=C(O)/C=C\C(=O)O. The Morgan fingerprint density at radius 3 is 2.04 bits per heavy atom. The Balaban J connectivity index is 0.000000387. The molecule has 1 unspecified atom stereocenters. The van der Waals surface area contributed by atoms with Gasteiger partial charge < -0.3 is 19.8 Å². The molecule has 1 saturated heterocycles. The van der Waals surface area contributed by atoms with E-state index in [4.69, 9.17) is 14.9 Å². The van der Waals surface area contributed by atoms with E-state index >= 15 is 0 Å². The summed E-state index contributed by atoms with van der Waals surface area (Å²) in [5.74, 6) is -2.83. The molecule has 2 N–H and O–H groups in total. The number of esters is 1. The third kappa shape index (κ3) is 9.35. The lowest BCUT2D eigenvalue weighted by atomic mass is 10.0. The van der Waals surface area contributed by atoms with E-state index in [-0.39, 0.29) is 18.0 Å². The fraction of sp³-hybridized carbons (Fsp3) is 0.421. The molecule has 0 spiro atoms. The number of likely N-dealkylation sites (tertiary alicyclic amines) is 1. The van der Waals surface area contributed by atoms with Gasteiger partial charge in [-0.3, -0.25) is 4.79 Å². The highest BCUT2D eigenvalue weighted by atomic mass is 79.9. The minimum absolute atomic E-state index is 0.0848. The first kappa shape index (κ1) is 22.9. The summed E-state index contributed by atoms with van der Waals surface area (Å²) in [6.07, 6.45) is 3.08. The lowest BCUT2D eigenvalue weighted by Gasteiger charge is -2.29. The molecule has 1 heterocycles. The van der Waals surface area contributed by atoms with Gasteiger partial charge in [0.15, 0.2) is 0 Å². The van der Waals surface area contributed by atoms with E-state index < -0.39 is 11.9 Å². The van der Waals surface area contributed by atoms with E-state index in [0.29, 0.717) is 12.2 Å². The van der Waals surface area contributed by atoms with E-state index in [1.807, 2.05) is 31.2 Å². The molecule has 1 aromatic carbocycles. The van der Waals surface area contributed by atoms with Gasteiger partial charge in [0.2, 0.25) is 0 Å². The zero-order chi connectivity index (χ0) is 20.4. The minimum Gasteiger partial charge on any atom is -0.478 e. The number of carbonyl (C=O) groups is 3. The number of carbonyl (C=O) groups excluding carboxylic acids is 1. The zero-order valence-electron chi connectivity index (χ0n) is 15.3. The average molecular weight is 442 g/mol. The van der Waals surface area contributed by atoms with Crippen molar-refractivity contribution in [3.63, 3.8) is 0 Å². The van der Waals surface area contributed by atoms with E-state index in [2.05, 4.69) is 27.9 Å². The zero-order valence-corrected chi connectivity index (χ0v) is 16.9. The van der Waals surface area contributed by atoms with Crippen molar-refractivity contribution in [3.05, 3.63) is 46.5 Å². The molecule has 8 heteroatoms. The summed E-state index contributed by atoms with van der Waals surface area (Å²) in [5.41, 5.74) is 1.00. The normalized spacial score (nSPS) is 16.3. The van der Waals surface area contributed by atoms with Gasteiger partial charge in [-0.1, -0.05) is 28.1 Å². The maximum atomic E-state index is 12.1. The van der Waals surface area contributed by atoms with Gasteiger partial charge in [-0.15, -0.1) is 0 Å². The van der Waals surface area contributed by atoms with Gasteiger partial charge in [0.25, 0.3) is 0 Å². The van der Waals surface area contributed by atoms with E-state index in [1.165, 1.54) is 0 Å². The fourth-order valence-electron chi connectivity index (χ4n) is 2.40. The molecule has 1 aromatic rings. The highest BCUT2D eigenvalue weighted by Crippen LogP contribution is 2.22. The molecular formula is C19H24BrNO6. The molecule has 0 aliphatic carbocycles. The van der Waals surface area contributed by atoms with Gasteiger partial charge in [0.05, 0.1) is 5.92 Å². The summed E-state index contributed by atoms with van der Waals surface area (Å²) < 4.78 is 6.63. The van der Waals surface area contributed by atoms with Crippen molar-refractivity contribution in [3.8, 4) is 0 Å². The number of carboxylic acids is 2. The Morgan fingerprint density at radius 1 is 1.11 bits per heavy atom. The second-order valence-electron chi connectivity index (χ2n) is 6.22. The molecule has 2 rings (SSSR count). The van der Waals surface area contributed by atoms with Crippen molar-refractivity contribution < 1.29 is 29.3 Å². The van der Waals surface area contributed by atoms with Crippen LogP contribution in [-0.4, -0.2) is 59.3 Å². The summed E-state index contributed by atoms with van der Waals surface area (Å²) in [4.78, 5) is 33.5. The van der Waals surface area contributed by atoms with Gasteiger partial charge in [-0.2, -0.15) is 0 Å². The largest absolute Gasteiger partial charge is 0.478 e. The lowest BCUT2D eigenvalue weighted by molar-refractivity contribution is -0.152. The Bertz CT molecular complexity index is 649. The number of carboxylic acid groups (broad SMARTS) is 2. The van der Waals surface area contributed by atoms with E-state index in [9.17, 15) is 14.4 Å². The van der Waals surface area contributed by atoms with E-state index in [0.717, 1.165) is 36.0 Å². The summed E-state index contributed by atoms with van der Waals surface area (Å²) >= 11 is 3.40. The molecule has 27 heavy (non-hydrogen) atoms. The smallest absolute Gasteiger partial charge is 0.328 e. The van der Waals surface area contributed by atoms with Crippen LogP contribution in [0, 0.1) is 0 Å². The van der Waals surface area contributed by atoms with E-state index in [1.54, 1.807) is 0 Å². The van der Waals surface area contributed by atoms with Gasteiger partial charge in [0, 0.05) is 29.7 Å². The van der Waals surface area contributed by atoms with Crippen LogP contribution in [0.2, 0.25) is 0 Å². The van der Waals surface area contributed by atoms with Crippen molar-refractivity contribution in [1.82, 2.24) is 4.90 Å². The summed E-state index contributed by atoms with van der Waals surface area (Å²) in [7, 11) is 2.10. The molecule has 7 nitrogen and oxygen atoms in total. The highest BCUT2D eigenvalue weighted by Gasteiger charge is 2.24. The lowest BCUT2D eigenvalue weighted by Crippen LogP contribution is -2.35. The topological polar surface area (TPSA) is 104 Å². The monoisotopic (exact) mass is 441 g/mol. The number of hydrogen-bond acceptors (Lipinski definition) is 5. The summed E-state index contributed by atoms with van der Waals surface area (Å²) in [6, 6.07) is 7.83.